The number of hydrogen-bond acceptors (Lipinski definition) is 8. The molecule has 2 saturated heterocycles. The Morgan fingerprint density at radius 3 is 2.46 bits per heavy atom. The van der Waals surface area contributed by atoms with E-state index in [-0.39, 0.29) is 17.6 Å². The maximum atomic E-state index is 14.4. The van der Waals surface area contributed by atoms with Gasteiger partial charge in [0.2, 0.25) is 5.91 Å². The Morgan fingerprint density at radius 1 is 1.05 bits per heavy atom. The van der Waals surface area contributed by atoms with E-state index in [4.69, 9.17) is 18.9 Å². The summed E-state index contributed by atoms with van der Waals surface area (Å²) in [5, 5.41) is 12.9. The molecule has 41 heavy (non-hydrogen) atoms. The molecule has 2 aliphatic heterocycles. The van der Waals surface area contributed by atoms with Gasteiger partial charge in [-0.05, 0) is 89.9 Å². The Balaban J connectivity index is 1.14. The number of nitrogens with one attached hydrogen (secondary N) is 1. The number of alkyl carbamates (subject to hydrolysis) is 1. The monoisotopic (exact) mass is 572 g/mol. The van der Waals surface area contributed by atoms with E-state index in [1.165, 1.54) is 0 Å². The first-order chi connectivity index (χ1) is 19.6. The first-order valence-corrected chi connectivity index (χ1v) is 15.8. The highest BCUT2D eigenvalue weighted by molar-refractivity contribution is 5.88. The van der Waals surface area contributed by atoms with Crippen LogP contribution >= 0.6 is 0 Å². The van der Waals surface area contributed by atoms with Crippen molar-refractivity contribution in [3.8, 4) is 6.07 Å². The molecule has 1 N–H and O–H groups in total. The molecule has 0 aromatic heterocycles. The zero-order chi connectivity index (χ0) is 28.8. The van der Waals surface area contributed by atoms with Crippen LogP contribution in [0.25, 0.3) is 0 Å². The quantitative estimate of drug-likeness (QED) is 0.398. The molecular formula is C31H48N4O6. The highest BCUT2D eigenvalue weighted by atomic mass is 16.6. The fraction of sp³-hybridized carbons (Fsp3) is 0.903. The molecule has 2 heterocycles. The van der Waals surface area contributed by atoms with Crippen LogP contribution < -0.4 is 5.32 Å². The molecular weight excluding hydrogens is 524 g/mol. The molecule has 2 amide bonds. The van der Waals surface area contributed by atoms with Gasteiger partial charge in [0.1, 0.15) is 17.7 Å². The third-order valence-corrected chi connectivity index (χ3v) is 10.4. The normalized spacial score (nSPS) is 38.3. The van der Waals surface area contributed by atoms with Gasteiger partial charge in [-0.1, -0.05) is 0 Å². The molecule has 0 radical (unpaired) electrons. The Labute approximate surface area is 244 Å². The topological polar surface area (TPSA) is 113 Å². The zero-order valence-corrected chi connectivity index (χ0v) is 25.1. The third kappa shape index (κ3) is 6.24. The second-order valence-corrected chi connectivity index (χ2v) is 14.7. The number of carbonyl (C=O) groups is 2. The number of piperidine rings is 1. The number of nitriles is 1. The van der Waals surface area contributed by atoms with Gasteiger partial charge in [-0.2, -0.15) is 5.26 Å². The molecule has 7 rings (SSSR count). The maximum absolute atomic E-state index is 14.4. The molecule has 0 spiro atoms. The second-order valence-electron chi connectivity index (χ2n) is 14.7. The number of rotatable bonds is 10. The van der Waals surface area contributed by atoms with E-state index in [0.717, 1.165) is 84.2 Å². The van der Waals surface area contributed by atoms with E-state index >= 15 is 0 Å². The van der Waals surface area contributed by atoms with Gasteiger partial charge in [-0.15, -0.1) is 0 Å². The number of morpholine rings is 1. The average Bonchev–Trinajstić information content (AvgIpc) is 3.57. The highest BCUT2D eigenvalue weighted by Crippen LogP contribution is 2.64. The summed E-state index contributed by atoms with van der Waals surface area (Å²) in [7, 11) is 0. The second kappa shape index (κ2) is 11.3. The predicted molar refractivity (Wildman–Crippen MR) is 150 cm³/mol. The van der Waals surface area contributed by atoms with Crippen molar-refractivity contribution in [1.82, 2.24) is 15.1 Å². The summed E-state index contributed by atoms with van der Waals surface area (Å²) in [6.07, 6.45) is 6.84. The van der Waals surface area contributed by atoms with Crippen molar-refractivity contribution in [2.45, 2.75) is 101 Å². The van der Waals surface area contributed by atoms with Crippen LogP contribution in [-0.4, -0.2) is 104 Å². The van der Waals surface area contributed by atoms with Crippen molar-refractivity contribution in [1.29, 1.82) is 5.26 Å². The number of carbonyl (C=O) groups excluding carboxylic acids is 2. The zero-order valence-electron chi connectivity index (χ0n) is 25.1. The van der Waals surface area contributed by atoms with Crippen molar-refractivity contribution in [3.63, 3.8) is 0 Å². The summed E-state index contributed by atoms with van der Waals surface area (Å²) in [6.45, 7) is 11.7. The third-order valence-electron chi connectivity index (χ3n) is 10.4. The minimum absolute atomic E-state index is 0.101. The van der Waals surface area contributed by atoms with Crippen LogP contribution in [0, 0.1) is 34.5 Å². The van der Waals surface area contributed by atoms with Gasteiger partial charge in [0.25, 0.3) is 0 Å². The number of ether oxygens (including phenoxy) is 4. The molecule has 5 aliphatic carbocycles. The highest BCUT2D eigenvalue weighted by Gasteiger charge is 2.64. The lowest BCUT2D eigenvalue weighted by Gasteiger charge is -2.63. The smallest absolute Gasteiger partial charge is 0.408 e. The molecule has 7 fully saturated rings. The number of nitrogens with zero attached hydrogens (tertiary/aromatic N) is 3. The lowest BCUT2D eigenvalue weighted by atomic mass is 9.46. The largest absolute Gasteiger partial charge is 0.444 e. The Morgan fingerprint density at radius 2 is 1.78 bits per heavy atom. The summed E-state index contributed by atoms with van der Waals surface area (Å²) < 4.78 is 23.7. The summed E-state index contributed by atoms with van der Waals surface area (Å²) >= 11 is 0. The molecule has 8 atom stereocenters. The minimum Gasteiger partial charge on any atom is -0.444 e. The van der Waals surface area contributed by atoms with E-state index < -0.39 is 29.2 Å². The fourth-order valence-corrected chi connectivity index (χ4v) is 9.13. The molecule has 4 bridgehead atoms. The number of fused-ring (bicyclic) bond motifs is 1. The van der Waals surface area contributed by atoms with Crippen LogP contribution in [0.3, 0.4) is 0 Å². The fourth-order valence-electron chi connectivity index (χ4n) is 9.13. The molecule has 5 saturated carbocycles. The Kier molecular flexibility index (Phi) is 8.03. The van der Waals surface area contributed by atoms with Gasteiger partial charge in [0.15, 0.2) is 0 Å². The van der Waals surface area contributed by atoms with Crippen LogP contribution in [0.5, 0.6) is 0 Å². The van der Waals surface area contributed by atoms with E-state index in [0.29, 0.717) is 37.6 Å². The lowest BCUT2D eigenvalue weighted by Crippen LogP contribution is -2.67. The minimum atomic E-state index is -0.716. The molecule has 10 nitrogen and oxygen atoms in total. The maximum Gasteiger partial charge on any atom is 0.408 e. The summed E-state index contributed by atoms with van der Waals surface area (Å²) in [5.41, 5.74) is -1.37. The molecule has 10 heteroatoms. The van der Waals surface area contributed by atoms with E-state index in [9.17, 15) is 14.9 Å². The van der Waals surface area contributed by atoms with Gasteiger partial charge < -0.3 is 29.2 Å². The van der Waals surface area contributed by atoms with Gasteiger partial charge in [-0.3, -0.25) is 9.69 Å². The standard InChI is InChI=1S/C31H48N4O6/c1-29(2,3)41-28(37)33-26(27(36)35-24(19-32)13-23-14-25(23)35)30-15-21-12-22(16-30)18-31(17-21,20-30)40-11-10-39-9-6-34-4-7-38-8-5-34/h21-26H,4-18,20H2,1-3H3,(H,33,37)/t21-,22?,23+,24-,25-,26+,30?,31?/m0/s1. The van der Waals surface area contributed by atoms with Crippen molar-refractivity contribution in [2.24, 2.45) is 23.2 Å². The van der Waals surface area contributed by atoms with E-state index in [1.807, 2.05) is 20.8 Å². The average molecular weight is 573 g/mol. The van der Waals surface area contributed by atoms with Gasteiger partial charge >= 0.3 is 6.09 Å². The lowest BCUT2D eigenvalue weighted by molar-refractivity contribution is -0.206. The van der Waals surface area contributed by atoms with Crippen molar-refractivity contribution < 1.29 is 28.5 Å². The van der Waals surface area contributed by atoms with Crippen molar-refractivity contribution >= 4 is 12.0 Å². The molecule has 3 unspecified atom stereocenters. The van der Waals surface area contributed by atoms with Crippen LogP contribution in [0.4, 0.5) is 4.79 Å². The van der Waals surface area contributed by atoms with Crippen molar-refractivity contribution in [3.05, 3.63) is 0 Å². The Bertz CT molecular complexity index is 1020. The van der Waals surface area contributed by atoms with Gasteiger partial charge in [0.05, 0.1) is 44.7 Å². The SMILES string of the molecule is CC(C)(C)OC(=O)N[C@H](C(=O)N1[C@H](C#N)C[C@@H]2C[C@@H]21)C12CC3C[C@H](CC(OCCOCCN4CCOCC4)(C3)C1)C2. The predicted octanol–water partition coefficient (Wildman–Crippen LogP) is 3.10. The van der Waals surface area contributed by atoms with E-state index in [2.05, 4.69) is 16.3 Å². The molecule has 0 aromatic carbocycles. The molecule has 228 valence electrons. The van der Waals surface area contributed by atoms with E-state index in [1.54, 1.807) is 4.90 Å². The van der Waals surface area contributed by atoms with Crippen LogP contribution in [-0.2, 0) is 23.7 Å². The number of amides is 2. The van der Waals surface area contributed by atoms with Gasteiger partial charge in [0, 0.05) is 31.1 Å². The van der Waals surface area contributed by atoms with Crippen LogP contribution in [0.15, 0.2) is 0 Å². The number of hydrogen-bond donors (Lipinski definition) is 1. The molecule has 7 aliphatic rings. The van der Waals surface area contributed by atoms with Gasteiger partial charge in [-0.25, -0.2) is 4.79 Å². The first kappa shape index (κ1) is 29.2. The Hall–Kier alpha value is -1.93. The number of likely N-dealkylation sites (tertiary alicyclic amines) is 1. The van der Waals surface area contributed by atoms with Crippen LogP contribution in [0.2, 0.25) is 0 Å². The first-order valence-electron chi connectivity index (χ1n) is 15.8. The summed E-state index contributed by atoms with van der Waals surface area (Å²) in [6, 6.07) is 1.36. The van der Waals surface area contributed by atoms with Crippen molar-refractivity contribution in [2.75, 3.05) is 52.7 Å². The molecule has 0 aromatic rings. The van der Waals surface area contributed by atoms with Crippen LogP contribution in [0.1, 0.15) is 72.1 Å². The summed E-state index contributed by atoms with van der Waals surface area (Å²) in [4.78, 5) is 31.7. The summed E-state index contributed by atoms with van der Waals surface area (Å²) in [5.74, 6) is 1.25.